The van der Waals surface area contributed by atoms with Gasteiger partial charge < -0.3 is 4.74 Å². The molecule has 98 valence electrons. The van der Waals surface area contributed by atoms with Gasteiger partial charge in [-0.25, -0.2) is 0 Å². The summed E-state index contributed by atoms with van der Waals surface area (Å²) in [6, 6.07) is 6.30. The van der Waals surface area contributed by atoms with Crippen molar-refractivity contribution >= 4 is 5.78 Å². The number of aryl methyl sites for hydroxylation is 1. The zero-order valence-electron chi connectivity index (χ0n) is 11.2. The Hall–Kier alpha value is -1.57. The van der Waals surface area contributed by atoms with E-state index in [-0.39, 0.29) is 5.41 Å². The second-order valence-corrected chi connectivity index (χ2v) is 6.09. The number of hydrogen-bond acceptors (Lipinski definition) is 2. The Morgan fingerprint density at radius 1 is 1.32 bits per heavy atom. The number of carbonyl (C=O) groups is 1. The van der Waals surface area contributed by atoms with Gasteiger partial charge in [0.05, 0.1) is 12.5 Å². The minimum atomic E-state index is -0.216. The van der Waals surface area contributed by atoms with Crippen molar-refractivity contribution in [3.05, 3.63) is 41.0 Å². The normalized spacial score (nSPS) is 31.5. The molecule has 19 heavy (non-hydrogen) atoms. The number of ether oxygens (including phenoxy) is 1. The number of benzene rings is 1. The molecular formula is C17H18O2. The second kappa shape index (κ2) is 3.72. The first-order chi connectivity index (χ1) is 9.24. The number of hydrogen-bond donors (Lipinski definition) is 0. The first kappa shape index (κ1) is 11.3. The Morgan fingerprint density at radius 2 is 2.21 bits per heavy atom. The number of allylic oxidation sites excluding steroid dienone is 2. The van der Waals surface area contributed by atoms with E-state index in [1.165, 1.54) is 16.7 Å². The summed E-state index contributed by atoms with van der Waals surface area (Å²) in [7, 11) is 1.70. The Morgan fingerprint density at radius 3 is 2.89 bits per heavy atom. The summed E-state index contributed by atoms with van der Waals surface area (Å²) in [5, 5.41) is 0. The molecule has 3 aliphatic carbocycles. The van der Waals surface area contributed by atoms with E-state index in [9.17, 15) is 4.79 Å². The molecule has 3 aliphatic rings. The van der Waals surface area contributed by atoms with Crippen molar-refractivity contribution < 1.29 is 9.53 Å². The second-order valence-electron chi connectivity index (χ2n) is 6.09. The highest BCUT2D eigenvalue weighted by Gasteiger charge is 2.55. The lowest BCUT2D eigenvalue weighted by molar-refractivity contribution is -0.126. The standard InChI is InChI=1S/C17H18O2/c1-19-14-6-3-12-4-7-16(18)17(15(12)9-14)10-11-2-5-13(17)8-11/h2-3,6,9,13H,4-5,7-8,10H2,1H3. The van der Waals surface area contributed by atoms with E-state index in [2.05, 4.69) is 18.2 Å². The first-order valence-corrected chi connectivity index (χ1v) is 7.12. The van der Waals surface area contributed by atoms with E-state index in [1.807, 2.05) is 6.07 Å². The molecule has 2 atom stereocenters. The van der Waals surface area contributed by atoms with Crippen LogP contribution >= 0.6 is 0 Å². The molecule has 2 nitrogen and oxygen atoms in total. The Balaban J connectivity index is 1.93. The van der Waals surface area contributed by atoms with Crippen LogP contribution < -0.4 is 4.74 Å². The van der Waals surface area contributed by atoms with Gasteiger partial charge in [0.2, 0.25) is 0 Å². The third-order valence-electron chi connectivity index (χ3n) is 5.32. The van der Waals surface area contributed by atoms with E-state index in [1.54, 1.807) is 7.11 Å². The van der Waals surface area contributed by atoms with Gasteiger partial charge in [0.1, 0.15) is 11.5 Å². The third-order valence-corrected chi connectivity index (χ3v) is 5.32. The highest BCUT2D eigenvalue weighted by Crippen LogP contribution is 2.57. The van der Waals surface area contributed by atoms with Gasteiger partial charge in [0.25, 0.3) is 0 Å². The molecule has 0 N–H and O–H groups in total. The fourth-order valence-corrected chi connectivity index (χ4v) is 4.39. The Kier molecular flexibility index (Phi) is 2.21. The van der Waals surface area contributed by atoms with Crippen molar-refractivity contribution in [3.63, 3.8) is 0 Å². The van der Waals surface area contributed by atoms with Crippen LogP contribution in [0.25, 0.3) is 0 Å². The lowest BCUT2D eigenvalue weighted by Gasteiger charge is -2.40. The molecular weight excluding hydrogens is 236 g/mol. The van der Waals surface area contributed by atoms with Crippen LogP contribution in [-0.2, 0) is 16.6 Å². The molecule has 0 heterocycles. The van der Waals surface area contributed by atoms with Crippen LogP contribution in [0.15, 0.2) is 29.8 Å². The maximum absolute atomic E-state index is 12.7. The van der Waals surface area contributed by atoms with Crippen molar-refractivity contribution in [2.45, 2.75) is 37.5 Å². The molecule has 4 rings (SSSR count). The van der Waals surface area contributed by atoms with E-state index < -0.39 is 0 Å². The van der Waals surface area contributed by atoms with E-state index in [0.717, 1.165) is 31.4 Å². The highest BCUT2D eigenvalue weighted by molar-refractivity contribution is 5.94. The maximum Gasteiger partial charge on any atom is 0.144 e. The SMILES string of the molecule is COc1ccc2c(c1)C1(CC3=CCC1C3)C(=O)CC2. The molecule has 0 radical (unpaired) electrons. The van der Waals surface area contributed by atoms with Crippen LogP contribution in [0.2, 0.25) is 0 Å². The number of fused-ring (bicyclic) bond motifs is 5. The summed E-state index contributed by atoms with van der Waals surface area (Å²) in [5.74, 6) is 1.84. The topological polar surface area (TPSA) is 26.3 Å². The number of carbonyl (C=O) groups excluding carboxylic acids is 1. The molecule has 0 aliphatic heterocycles. The van der Waals surface area contributed by atoms with Crippen LogP contribution in [0.5, 0.6) is 5.75 Å². The van der Waals surface area contributed by atoms with Gasteiger partial charge >= 0.3 is 0 Å². The van der Waals surface area contributed by atoms with Crippen molar-refractivity contribution in [2.75, 3.05) is 7.11 Å². The van der Waals surface area contributed by atoms with E-state index in [0.29, 0.717) is 18.1 Å². The minimum Gasteiger partial charge on any atom is -0.497 e. The highest BCUT2D eigenvalue weighted by atomic mass is 16.5. The van der Waals surface area contributed by atoms with E-state index >= 15 is 0 Å². The lowest BCUT2D eigenvalue weighted by atomic mass is 9.62. The minimum absolute atomic E-state index is 0.216. The quantitative estimate of drug-likeness (QED) is 0.719. The van der Waals surface area contributed by atoms with Crippen LogP contribution in [0, 0.1) is 5.92 Å². The predicted molar refractivity (Wildman–Crippen MR) is 73.4 cm³/mol. The van der Waals surface area contributed by atoms with Crippen molar-refractivity contribution in [1.82, 2.24) is 0 Å². The third kappa shape index (κ3) is 1.35. The Bertz CT molecular complexity index is 599. The summed E-state index contributed by atoms with van der Waals surface area (Å²) in [4.78, 5) is 12.7. The molecule has 0 saturated heterocycles. The van der Waals surface area contributed by atoms with Crippen molar-refractivity contribution in [3.8, 4) is 5.75 Å². The predicted octanol–water partition coefficient (Wildman–Crippen LogP) is 3.19. The lowest BCUT2D eigenvalue weighted by Crippen LogP contribution is -2.43. The molecule has 1 fully saturated rings. The zero-order chi connectivity index (χ0) is 13.0. The van der Waals surface area contributed by atoms with Gasteiger partial charge in [-0.1, -0.05) is 17.7 Å². The number of Topliss-reactive ketones (excluding diaryl/α,β-unsaturated/α-hetero) is 1. The molecule has 0 aromatic heterocycles. The molecule has 0 amide bonds. The van der Waals surface area contributed by atoms with Gasteiger partial charge in [-0.3, -0.25) is 4.79 Å². The average Bonchev–Trinajstić information content (AvgIpc) is 3.04. The molecule has 2 bridgehead atoms. The monoisotopic (exact) mass is 254 g/mol. The molecule has 1 spiro atoms. The largest absolute Gasteiger partial charge is 0.497 e. The van der Waals surface area contributed by atoms with Crippen LogP contribution in [0.1, 0.15) is 36.8 Å². The summed E-state index contributed by atoms with van der Waals surface area (Å²) >= 11 is 0. The number of ketones is 1. The summed E-state index contributed by atoms with van der Waals surface area (Å²) in [5.41, 5.74) is 3.89. The molecule has 2 heteroatoms. The van der Waals surface area contributed by atoms with Gasteiger partial charge in [-0.2, -0.15) is 0 Å². The van der Waals surface area contributed by atoms with Crippen molar-refractivity contribution in [1.29, 1.82) is 0 Å². The van der Waals surface area contributed by atoms with Gasteiger partial charge in [-0.05, 0) is 54.9 Å². The van der Waals surface area contributed by atoms with Crippen LogP contribution in [0.4, 0.5) is 0 Å². The van der Waals surface area contributed by atoms with E-state index in [4.69, 9.17) is 4.74 Å². The molecule has 2 unspecified atom stereocenters. The first-order valence-electron chi connectivity index (χ1n) is 7.12. The van der Waals surface area contributed by atoms with Crippen LogP contribution in [-0.4, -0.2) is 12.9 Å². The Labute approximate surface area is 113 Å². The molecule has 1 aromatic rings. The fraction of sp³-hybridized carbons (Fsp3) is 0.471. The van der Waals surface area contributed by atoms with Crippen molar-refractivity contribution in [2.24, 2.45) is 5.92 Å². The maximum atomic E-state index is 12.7. The molecule has 1 saturated carbocycles. The fourth-order valence-electron chi connectivity index (χ4n) is 4.39. The summed E-state index contributed by atoms with van der Waals surface area (Å²) < 4.78 is 5.37. The zero-order valence-corrected chi connectivity index (χ0v) is 11.2. The van der Waals surface area contributed by atoms with Crippen LogP contribution in [0.3, 0.4) is 0 Å². The number of methoxy groups -OCH3 is 1. The molecule has 1 aromatic carbocycles. The summed E-state index contributed by atoms with van der Waals surface area (Å²) in [6.07, 6.45) is 7.11. The van der Waals surface area contributed by atoms with Gasteiger partial charge in [-0.15, -0.1) is 0 Å². The summed E-state index contributed by atoms with van der Waals surface area (Å²) in [6.45, 7) is 0. The number of rotatable bonds is 1. The van der Waals surface area contributed by atoms with Gasteiger partial charge in [0.15, 0.2) is 0 Å². The van der Waals surface area contributed by atoms with Gasteiger partial charge in [0, 0.05) is 6.42 Å². The average molecular weight is 254 g/mol. The smallest absolute Gasteiger partial charge is 0.144 e.